The lowest BCUT2D eigenvalue weighted by molar-refractivity contribution is 0.102. The Morgan fingerprint density at radius 2 is 1.95 bits per heavy atom. The van der Waals surface area contributed by atoms with E-state index >= 15 is 0 Å². The molecule has 0 saturated carbocycles. The first kappa shape index (κ1) is 14.0. The fraction of sp³-hybridized carbons (Fsp3) is 0.0667. The normalized spacial score (nSPS) is 9.85. The Kier molecular flexibility index (Phi) is 4.34. The molecule has 0 atom stereocenters. The molecule has 0 bridgehead atoms. The van der Waals surface area contributed by atoms with E-state index in [2.05, 4.69) is 5.32 Å². The van der Waals surface area contributed by atoms with Crippen LogP contribution in [0.1, 0.15) is 15.9 Å². The van der Waals surface area contributed by atoms with Crippen molar-refractivity contribution in [1.82, 2.24) is 0 Å². The molecule has 0 unspecified atom stereocenters. The Hall–Kier alpha value is -2.38. The maximum atomic E-state index is 13.0. The highest BCUT2D eigenvalue weighted by Crippen LogP contribution is 2.17. The van der Waals surface area contributed by atoms with Crippen LogP contribution in [0.3, 0.4) is 0 Å². The lowest BCUT2D eigenvalue weighted by Gasteiger charge is -2.06. The minimum atomic E-state index is -0.566. The average Bonchev–Trinajstić information content (AvgIpc) is 2.44. The van der Waals surface area contributed by atoms with Crippen molar-refractivity contribution in [3.63, 3.8) is 0 Å². The van der Waals surface area contributed by atoms with Crippen molar-refractivity contribution in [3.8, 4) is 6.07 Å². The second kappa shape index (κ2) is 6.18. The fourth-order valence-electron chi connectivity index (χ4n) is 1.64. The second-order valence-electron chi connectivity index (χ2n) is 4.11. The van der Waals surface area contributed by atoms with Crippen LogP contribution in [0.5, 0.6) is 0 Å². The zero-order valence-corrected chi connectivity index (χ0v) is 11.1. The summed E-state index contributed by atoms with van der Waals surface area (Å²) in [6.45, 7) is 0. The molecule has 0 aromatic heterocycles. The van der Waals surface area contributed by atoms with Gasteiger partial charge in [0.25, 0.3) is 5.91 Å². The summed E-state index contributed by atoms with van der Waals surface area (Å²) in [4.78, 5) is 11.9. The third kappa shape index (κ3) is 3.34. The molecule has 3 nitrogen and oxygen atoms in total. The molecule has 5 heteroatoms. The van der Waals surface area contributed by atoms with E-state index in [0.29, 0.717) is 12.1 Å². The number of hydrogen-bond acceptors (Lipinski definition) is 2. The van der Waals surface area contributed by atoms with Crippen LogP contribution in [-0.2, 0) is 6.42 Å². The second-order valence-corrected chi connectivity index (χ2v) is 4.52. The first-order valence-electron chi connectivity index (χ1n) is 5.82. The van der Waals surface area contributed by atoms with Gasteiger partial charge in [-0.2, -0.15) is 5.26 Å². The van der Waals surface area contributed by atoms with Crippen molar-refractivity contribution >= 4 is 23.2 Å². The van der Waals surface area contributed by atoms with Gasteiger partial charge >= 0.3 is 0 Å². The van der Waals surface area contributed by atoms with Crippen LogP contribution in [0.15, 0.2) is 42.5 Å². The molecular weight excluding hydrogens is 279 g/mol. The SMILES string of the molecule is N#CCc1ccc(NC(=O)c2ccc(F)c(Cl)c2)cc1. The van der Waals surface area contributed by atoms with Gasteiger partial charge in [0.05, 0.1) is 17.5 Å². The number of carbonyl (C=O) groups is 1. The topological polar surface area (TPSA) is 52.9 Å². The fourth-order valence-corrected chi connectivity index (χ4v) is 1.82. The summed E-state index contributed by atoms with van der Waals surface area (Å²) >= 11 is 5.63. The molecule has 0 aliphatic heterocycles. The Balaban J connectivity index is 2.11. The Morgan fingerprint density at radius 1 is 1.25 bits per heavy atom. The van der Waals surface area contributed by atoms with Gasteiger partial charge in [-0.05, 0) is 35.9 Å². The molecule has 0 saturated heterocycles. The van der Waals surface area contributed by atoms with Crippen LogP contribution in [-0.4, -0.2) is 5.91 Å². The molecular formula is C15H10ClFN2O. The molecule has 0 aliphatic rings. The number of anilines is 1. The van der Waals surface area contributed by atoms with Gasteiger partial charge in [-0.3, -0.25) is 4.79 Å². The number of hydrogen-bond donors (Lipinski definition) is 1. The first-order chi connectivity index (χ1) is 9.60. The molecule has 0 spiro atoms. The first-order valence-corrected chi connectivity index (χ1v) is 6.20. The lowest BCUT2D eigenvalue weighted by Crippen LogP contribution is -2.11. The highest BCUT2D eigenvalue weighted by atomic mass is 35.5. The van der Waals surface area contributed by atoms with Crippen LogP contribution < -0.4 is 5.32 Å². The van der Waals surface area contributed by atoms with Crippen molar-refractivity contribution in [2.24, 2.45) is 0 Å². The van der Waals surface area contributed by atoms with E-state index in [1.807, 2.05) is 6.07 Å². The quantitative estimate of drug-likeness (QED) is 0.934. The highest BCUT2D eigenvalue weighted by Gasteiger charge is 2.09. The van der Waals surface area contributed by atoms with E-state index in [9.17, 15) is 9.18 Å². The molecule has 2 rings (SSSR count). The molecule has 0 heterocycles. The third-order valence-corrected chi connectivity index (χ3v) is 2.97. The standard InChI is InChI=1S/C15H10ClFN2O/c16-13-9-11(3-6-14(13)17)15(20)19-12-4-1-10(2-5-12)7-8-18/h1-6,9H,7H2,(H,19,20). The Morgan fingerprint density at radius 3 is 2.55 bits per heavy atom. The number of nitrogens with zero attached hydrogens (tertiary/aromatic N) is 1. The molecule has 0 fully saturated rings. The zero-order chi connectivity index (χ0) is 14.5. The number of carbonyl (C=O) groups excluding carboxylic acids is 1. The van der Waals surface area contributed by atoms with Crippen LogP contribution in [0.2, 0.25) is 5.02 Å². The largest absolute Gasteiger partial charge is 0.322 e. The number of halogens is 2. The van der Waals surface area contributed by atoms with Crippen molar-refractivity contribution < 1.29 is 9.18 Å². The van der Waals surface area contributed by atoms with Crippen molar-refractivity contribution in [2.45, 2.75) is 6.42 Å². The zero-order valence-electron chi connectivity index (χ0n) is 10.4. The van der Waals surface area contributed by atoms with Crippen molar-refractivity contribution in [3.05, 3.63) is 64.4 Å². The van der Waals surface area contributed by atoms with E-state index in [0.717, 1.165) is 11.6 Å². The average molecular weight is 289 g/mol. The van der Waals surface area contributed by atoms with Crippen LogP contribution >= 0.6 is 11.6 Å². The number of rotatable bonds is 3. The number of benzene rings is 2. The van der Waals surface area contributed by atoms with E-state index in [1.54, 1.807) is 24.3 Å². The van der Waals surface area contributed by atoms with E-state index < -0.39 is 5.82 Å². The van der Waals surface area contributed by atoms with Gasteiger partial charge in [0.1, 0.15) is 5.82 Å². The van der Waals surface area contributed by atoms with Crippen LogP contribution in [0.25, 0.3) is 0 Å². The van der Waals surface area contributed by atoms with Crippen molar-refractivity contribution in [1.29, 1.82) is 5.26 Å². The molecule has 2 aromatic rings. The molecule has 0 aliphatic carbocycles. The van der Waals surface area contributed by atoms with Crippen LogP contribution in [0.4, 0.5) is 10.1 Å². The summed E-state index contributed by atoms with van der Waals surface area (Å²) in [6, 6.07) is 12.8. The predicted molar refractivity (Wildman–Crippen MR) is 75.1 cm³/mol. The molecule has 1 amide bonds. The predicted octanol–water partition coefficient (Wildman–Crippen LogP) is 3.80. The van der Waals surface area contributed by atoms with Gasteiger partial charge < -0.3 is 5.32 Å². The van der Waals surface area contributed by atoms with Gasteiger partial charge in [-0.1, -0.05) is 23.7 Å². The Labute approximate surface area is 120 Å². The molecule has 20 heavy (non-hydrogen) atoms. The summed E-state index contributed by atoms with van der Waals surface area (Å²) < 4.78 is 13.0. The lowest BCUT2D eigenvalue weighted by atomic mass is 10.1. The summed E-state index contributed by atoms with van der Waals surface area (Å²) in [5, 5.41) is 11.1. The molecule has 1 N–H and O–H groups in total. The van der Waals surface area contributed by atoms with E-state index in [4.69, 9.17) is 16.9 Å². The monoisotopic (exact) mass is 288 g/mol. The maximum Gasteiger partial charge on any atom is 0.255 e. The van der Waals surface area contributed by atoms with Gasteiger partial charge in [0.15, 0.2) is 0 Å². The van der Waals surface area contributed by atoms with Gasteiger partial charge in [0.2, 0.25) is 0 Å². The number of nitriles is 1. The number of amides is 1. The smallest absolute Gasteiger partial charge is 0.255 e. The number of nitrogens with one attached hydrogen (secondary N) is 1. The minimum absolute atomic E-state index is 0.0954. The van der Waals surface area contributed by atoms with Crippen LogP contribution in [0, 0.1) is 17.1 Å². The Bertz CT molecular complexity index is 677. The van der Waals surface area contributed by atoms with Crippen molar-refractivity contribution in [2.75, 3.05) is 5.32 Å². The van der Waals surface area contributed by atoms with E-state index in [1.165, 1.54) is 12.1 Å². The molecule has 2 aromatic carbocycles. The molecule has 0 radical (unpaired) electrons. The summed E-state index contributed by atoms with van der Waals surface area (Å²) in [5.74, 6) is -0.941. The summed E-state index contributed by atoms with van der Waals surface area (Å²) in [7, 11) is 0. The third-order valence-electron chi connectivity index (χ3n) is 2.68. The van der Waals surface area contributed by atoms with Gasteiger partial charge in [0, 0.05) is 11.3 Å². The van der Waals surface area contributed by atoms with Gasteiger partial charge in [-0.15, -0.1) is 0 Å². The summed E-state index contributed by atoms with van der Waals surface area (Å²) in [6.07, 6.45) is 0.321. The minimum Gasteiger partial charge on any atom is -0.322 e. The maximum absolute atomic E-state index is 13.0. The highest BCUT2D eigenvalue weighted by molar-refractivity contribution is 6.31. The summed E-state index contributed by atoms with van der Waals surface area (Å²) in [5.41, 5.74) is 1.74. The van der Waals surface area contributed by atoms with E-state index in [-0.39, 0.29) is 16.5 Å². The molecule has 100 valence electrons. The van der Waals surface area contributed by atoms with Gasteiger partial charge in [-0.25, -0.2) is 4.39 Å².